The second kappa shape index (κ2) is 11.9. The van der Waals surface area contributed by atoms with E-state index in [4.69, 9.17) is 20.6 Å². The highest BCUT2D eigenvalue weighted by Gasteiger charge is 2.37. The molecule has 1 amide bonds. The second-order valence-corrected chi connectivity index (χ2v) is 12.2. The van der Waals surface area contributed by atoms with Crippen molar-refractivity contribution in [2.45, 2.75) is 57.0 Å². The lowest BCUT2D eigenvalue weighted by molar-refractivity contribution is 0.00728. The van der Waals surface area contributed by atoms with Gasteiger partial charge in [0.15, 0.2) is 0 Å². The molecule has 6 rings (SSSR count). The highest BCUT2D eigenvalue weighted by atomic mass is 16.5. The molecule has 2 aromatic carbocycles. The van der Waals surface area contributed by atoms with Crippen LogP contribution >= 0.6 is 0 Å². The van der Waals surface area contributed by atoms with Crippen LogP contribution < -0.4 is 16.0 Å². The van der Waals surface area contributed by atoms with Crippen LogP contribution in [-0.2, 0) is 9.47 Å². The minimum atomic E-state index is -0.0980. The number of hydrogen-bond acceptors (Lipinski definition) is 7. The smallest absolute Gasteiger partial charge is 0.251 e. The fourth-order valence-corrected chi connectivity index (χ4v) is 7.22. The summed E-state index contributed by atoms with van der Waals surface area (Å²) in [6, 6.07) is 14.4. The summed E-state index contributed by atoms with van der Waals surface area (Å²) in [5.41, 5.74) is 10.4. The Bertz CT molecular complexity index is 1190. The molecule has 8 nitrogen and oxygen atoms in total. The highest BCUT2D eigenvalue weighted by Crippen LogP contribution is 2.37. The summed E-state index contributed by atoms with van der Waals surface area (Å²) in [6.07, 6.45) is 8.33. The van der Waals surface area contributed by atoms with E-state index < -0.39 is 0 Å². The van der Waals surface area contributed by atoms with Gasteiger partial charge in [-0.25, -0.2) is 0 Å². The molecule has 0 spiro atoms. The molecule has 2 unspecified atom stereocenters. The average molecular weight is 546 g/mol. The van der Waals surface area contributed by atoms with Crippen LogP contribution in [0.3, 0.4) is 0 Å². The van der Waals surface area contributed by atoms with Crippen LogP contribution in [0.5, 0.6) is 0 Å². The zero-order chi connectivity index (χ0) is 27.5. The number of rotatable bonds is 8. The first-order valence-electron chi connectivity index (χ1n) is 15.0. The number of hydrogen-bond donors (Lipinski definition) is 3. The number of benzene rings is 2. The maximum atomic E-state index is 13.4. The van der Waals surface area contributed by atoms with E-state index in [0.717, 1.165) is 64.5 Å². The zero-order valence-corrected chi connectivity index (χ0v) is 23.5. The maximum absolute atomic E-state index is 13.4. The maximum Gasteiger partial charge on any atom is 0.251 e. The minimum absolute atomic E-state index is 0.0980. The molecule has 3 saturated heterocycles. The molecule has 214 valence electrons. The molecule has 0 aromatic heterocycles. The van der Waals surface area contributed by atoms with Crippen LogP contribution in [-0.4, -0.2) is 81.2 Å². The van der Waals surface area contributed by atoms with Gasteiger partial charge in [0.05, 0.1) is 44.2 Å². The fourth-order valence-electron chi connectivity index (χ4n) is 7.22. The van der Waals surface area contributed by atoms with Gasteiger partial charge >= 0.3 is 0 Å². The molecular formula is C32H43N5O3. The number of nitrogens with zero attached hydrogens (tertiary/aromatic N) is 2. The van der Waals surface area contributed by atoms with Gasteiger partial charge in [-0.2, -0.15) is 0 Å². The Morgan fingerprint density at radius 2 is 1.62 bits per heavy atom. The van der Waals surface area contributed by atoms with Gasteiger partial charge in [-0.3, -0.25) is 15.1 Å². The summed E-state index contributed by atoms with van der Waals surface area (Å²) >= 11 is 0. The first-order valence-corrected chi connectivity index (χ1v) is 15.0. The van der Waals surface area contributed by atoms with Crippen LogP contribution in [0.4, 0.5) is 11.4 Å². The van der Waals surface area contributed by atoms with Crippen molar-refractivity contribution in [3.05, 3.63) is 59.2 Å². The number of nitrogens with one attached hydrogen (secondary N) is 2. The van der Waals surface area contributed by atoms with E-state index in [-0.39, 0.29) is 11.3 Å². The molecule has 3 aliphatic heterocycles. The van der Waals surface area contributed by atoms with E-state index in [2.05, 4.69) is 27.2 Å². The van der Waals surface area contributed by atoms with Crippen molar-refractivity contribution in [3.63, 3.8) is 0 Å². The molecule has 1 aliphatic carbocycles. The number of fused-ring (bicyclic) bond motifs is 2. The number of carbonyl (C=O) groups excluding carboxylic acids is 1. The fraction of sp³-hybridized carbons (Fsp3) is 0.562. The van der Waals surface area contributed by atoms with Crippen molar-refractivity contribution >= 4 is 23.0 Å². The lowest BCUT2D eigenvalue weighted by atomic mass is 9.73. The molecular weight excluding hydrogens is 502 g/mol. The molecule has 4 fully saturated rings. The van der Waals surface area contributed by atoms with Gasteiger partial charge in [0.2, 0.25) is 0 Å². The van der Waals surface area contributed by atoms with E-state index in [1.54, 1.807) is 18.2 Å². The Kier molecular flexibility index (Phi) is 8.10. The molecule has 2 bridgehead atoms. The Hall–Kier alpha value is -2.94. The van der Waals surface area contributed by atoms with Crippen molar-refractivity contribution in [2.75, 3.05) is 63.2 Å². The Labute approximate surface area is 237 Å². The molecule has 0 radical (unpaired) electrons. The number of amides is 1. The zero-order valence-electron chi connectivity index (χ0n) is 23.5. The number of nitrogen functional groups attached to an aromatic ring is 1. The Morgan fingerprint density at radius 1 is 0.950 bits per heavy atom. The van der Waals surface area contributed by atoms with E-state index in [1.807, 2.05) is 12.1 Å². The monoisotopic (exact) mass is 545 g/mol. The molecule has 2 atom stereocenters. The quantitative estimate of drug-likeness (QED) is 0.341. The first kappa shape index (κ1) is 27.2. The van der Waals surface area contributed by atoms with Gasteiger partial charge in [-0.15, -0.1) is 0 Å². The van der Waals surface area contributed by atoms with Crippen LogP contribution in [0, 0.1) is 10.8 Å². The third-order valence-electron chi connectivity index (χ3n) is 9.48. The summed E-state index contributed by atoms with van der Waals surface area (Å²) < 4.78 is 11.3. The topological polar surface area (TPSA) is 104 Å². The third-order valence-corrected chi connectivity index (χ3v) is 9.48. The van der Waals surface area contributed by atoms with Crippen molar-refractivity contribution < 1.29 is 14.3 Å². The van der Waals surface area contributed by atoms with Crippen molar-refractivity contribution in [1.29, 1.82) is 5.41 Å². The Morgan fingerprint density at radius 3 is 2.33 bits per heavy atom. The first-order chi connectivity index (χ1) is 19.5. The van der Waals surface area contributed by atoms with Crippen molar-refractivity contribution in [3.8, 4) is 0 Å². The number of ether oxygens (including phenoxy) is 2. The van der Waals surface area contributed by atoms with Crippen molar-refractivity contribution in [2.24, 2.45) is 5.41 Å². The molecule has 4 N–H and O–H groups in total. The largest absolute Gasteiger partial charge is 0.398 e. The van der Waals surface area contributed by atoms with Gasteiger partial charge < -0.3 is 25.4 Å². The van der Waals surface area contributed by atoms with Gasteiger partial charge in [0, 0.05) is 59.7 Å². The van der Waals surface area contributed by atoms with Crippen LogP contribution in [0.1, 0.15) is 66.4 Å². The van der Waals surface area contributed by atoms with Crippen LogP contribution in [0.2, 0.25) is 0 Å². The normalized spacial score (nSPS) is 24.6. The number of carbonyl (C=O) groups is 1. The summed E-state index contributed by atoms with van der Waals surface area (Å²) in [6.45, 7) is 6.77. The van der Waals surface area contributed by atoms with E-state index in [9.17, 15) is 4.79 Å². The van der Waals surface area contributed by atoms with Gasteiger partial charge in [0.1, 0.15) is 0 Å². The van der Waals surface area contributed by atoms with E-state index in [1.165, 1.54) is 37.8 Å². The average Bonchev–Trinajstić information content (AvgIpc) is 3.24. The number of anilines is 2. The van der Waals surface area contributed by atoms with Gasteiger partial charge in [0.25, 0.3) is 5.91 Å². The van der Waals surface area contributed by atoms with E-state index >= 15 is 0 Å². The lowest BCUT2D eigenvalue weighted by Gasteiger charge is -2.42. The van der Waals surface area contributed by atoms with Gasteiger partial charge in [-0.05, 0) is 56.0 Å². The standard InChI is InChI=1S/C32H43N5O3/c33-29-11-6-24(31(38)35-21-32(12-2-1-3-13-32)22-36-14-16-39-17-15-36)18-28(29)30(34)23-4-7-25(8-5-23)37-26-9-10-27(37)20-40-19-26/h4-8,11,18,26-27,34H,1-3,9-10,12-17,19-22,33H2,(H,35,38). The van der Waals surface area contributed by atoms with Crippen LogP contribution in [0.25, 0.3) is 0 Å². The summed E-state index contributed by atoms with van der Waals surface area (Å²) in [5.74, 6) is -0.0980. The van der Waals surface area contributed by atoms with E-state index in [0.29, 0.717) is 41.2 Å². The molecule has 3 heterocycles. The summed E-state index contributed by atoms with van der Waals surface area (Å²) in [7, 11) is 0. The summed E-state index contributed by atoms with van der Waals surface area (Å²) in [4.78, 5) is 18.3. The van der Waals surface area contributed by atoms with Gasteiger partial charge in [-0.1, -0.05) is 31.4 Å². The molecule has 2 aromatic rings. The summed E-state index contributed by atoms with van der Waals surface area (Å²) in [5, 5.41) is 12.2. The predicted molar refractivity (Wildman–Crippen MR) is 158 cm³/mol. The van der Waals surface area contributed by atoms with Crippen molar-refractivity contribution in [1.82, 2.24) is 10.2 Å². The third kappa shape index (κ3) is 5.76. The predicted octanol–water partition coefficient (Wildman–Crippen LogP) is 4.07. The Balaban J connectivity index is 1.13. The van der Waals surface area contributed by atoms with Crippen LogP contribution in [0.15, 0.2) is 42.5 Å². The molecule has 1 saturated carbocycles. The SMILES string of the molecule is N=C(c1ccc(N2C3CCC2COC3)cc1)c1cc(C(=O)NCC2(CN3CCOCC3)CCCCC2)ccc1N. The molecule has 8 heteroatoms. The minimum Gasteiger partial charge on any atom is -0.398 e. The lowest BCUT2D eigenvalue weighted by Crippen LogP contribution is -2.49. The highest BCUT2D eigenvalue weighted by molar-refractivity contribution is 6.15. The second-order valence-electron chi connectivity index (χ2n) is 12.2. The number of nitrogens with two attached hydrogens (primary N) is 1. The molecule has 40 heavy (non-hydrogen) atoms. The number of morpholine rings is 2. The molecule has 4 aliphatic rings.